The Labute approximate surface area is 133 Å². The summed E-state index contributed by atoms with van der Waals surface area (Å²) in [4.78, 5) is 16.4. The van der Waals surface area contributed by atoms with Gasteiger partial charge < -0.3 is 15.2 Å². The van der Waals surface area contributed by atoms with Gasteiger partial charge in [-0.05, 0) is 36.4 Å². The van der Waals surface area contributed by atoms with Crippen molar-refractivity contribution >= 4 is 23.1 Å². The minimum Gasteiger partial charge on any atom is -0.478 e. The maximum Gasteiger partial charge on any atom is 0.337 e. The number of pyridine rings is 1. The van der Waals surface area contributed by atoms with E-state index in [1.807, 2.05) is 0 Å². The number of aromatic carboxylic acids is 1. The number of hydrogen-bond donors (Lipinski definition) is 2. The van der Waals surface area contributed by atoms with E-state index in [-0.39, 0.29) is 11.0 Å². The number of carboxylic acid groups (broad SMARTS) is 1. The van der Waals surface area contributed by atoms with E-state index in [9.17, 15) is 4.79 Å². The van der Waals surface area contributed by atoms with Gasteiger partial charge in [0.15, 0.2) is 0 Å². The molecule has 6 heteroatoms. The Morgan fingerprint density at radius 3 is 2.77 bits per heavy atom. The molecule has 1 fully saturated rings. The summed E-state index contributed by atoms with van der Waals surface area (Å²) >= 11 is 1.78. The molecule has 3 heterocycles. The highest BCUT2D eigenvalue weighted by atomic mass is 32.1. The molecule has 3 rings (SSSR count). The van der Waals surface area contributed by atoms with Crippen molar-refractivity contribution in [2.24, 2.45) is 0 Å². The van der Waals surface area contributed by atoms with Gasteiger partial charge >= 0.3 is 5.97 Å². The predicted octanol–water partition coefficient (Wildman–Crippen LogP) is 3.00. The van der Waals surface area contributed by atoms with Crippen LogP contribution in [0.5, 0.6) is 0 Å². The first-order valence-corrected chi connectivity index (χ1v) is 8.13. The fourth-order valence-electron chi connectivity index (χ4n) is 2.74. The van der Waals surface area contributed by atoms with Crippen molar-refractivity contribution in [1.29, 1.82) is 0 Å². The molecular weight excluding hydrogens is 300 g/mol. The molecule has 0 saturated carbocycles. The van der Waals surface area contributed by atoms with E-state index in [1.54, 1.807) is 23.5 Å². The van der Waals surface area contributed by atoms with E-state index in [4.69, 9.17) is 9.84 Å². The lowest BCUT2D eigenvalue weighted by atomic mass is 9.78. The number of thiophene rings is 1. The number of rotatable bonds is 5. The number of nitrogens with zero attached hydrogens (tertiary/aromatic N) is 1. The number of ether oxygens (including phenoxy) is 1. The lowest BCUT2D eigenvalue weighted by Crippen LogP contribution is -2.39. The zero-order valence-corrected chi connectivity index (χ0v) is 12.9. The molecule has 1 aliphatic rings. The lowest BCUT2D eigenvalue weighted by molar-refractivity contribution is 0.0555. The number of hydrogen-bond acceptors (Lipinski definition) is 5. The molecule has 0 bridgehead atoms. The second-order valence-electron chi connectivity index (χ2n) is 5.46. The third-order valence-electron chi connectivity index (χ3n) is 4.11. The Kier molecular flexibility index (Phi) is 4.40. The highest BCUT2D eigenvalue weighted by molar-refractivity contribution is 7.10. The second kappa shape index (κ2) is 6.46. The van der Waals surface area contributed by atoms with Gasteiger partial charge in [-0.3, -0.25) is 0 Å². The first kappa shape index (κ1) is 15.0. The minimum absolute atomic E-state index is 0.0690. The Balaban J connectivity index is 1.73. The Morgan fingerprint density at radius 2 is 2.18 bits per heavy atom. The molecule has 0 aliphatic carbocycles. The van der Waals surface area contributed by atoms with Gasteiger partial charge in [0.2, 0.25) is 0 Å². The van der Waals surface area contributed by atoms with E-state index in [1.165, 1.54) is 11.1 Å². The van der Waals surface area contributed by atoms with Gasteiger partial charge in [-0.2, -0.15) is 0 Å². The largest absolute Gasteiger partial charge is 0.478 e. The predicted molar refractivity (Wildman–Crippen MR) is 85.7 cm³/mol. The van der Waals surface area contributed by atoms with Crippen LogP contribution in [0.25, 0.3) is 0 Å². The molecule has 2 aromatic rings. The first-order chi connectivity index (χ1) is 10.7. The molecule has 0 atom stereocenters. The number of carboxylic acids is 1. The summed E-state index contributed by atoms with van der Waals surface area (Å²) < 4.78 is 5.51. The van der Waals surface area contributed by atoms with Crippen LogP contribution < -0.4 is 5.32 Å². The summed E-state index contributed by atoms with van der Waals surface area (Å²) in [5, 5.41) is 14.4. The van der Waals surface area contributed by atoms with Crippen molar-refractivity contribution in [3.8, 4) is 0 Å². The number of aromatic nitrogens is 1. The SMILES string of the molecule is O=C(O)c1ccc(NCC2(c3cccs3)CCOCC2)nc1. The molecule has 0 aromatic carbocycles. The van der Waals surface area contributed by atoms with Crippen LogP contribution in [0.3, 0.4) is 0 Å². The van der Waals surface area contributed by atoms with E-state index in [0.29, 0.717) is 5.82 Å². The van der Waals surface area contributed by atoms with E-state index >= 15 is 0 Å². The molecule has 1 aliphatic heterocycles. The number of nitrogens with one attached hydrogen (secondary N) is 1. The van der Waals surface area contributed by atoms with E-state index in [0.717, 1.165) is 32.6 Å². The normalized spacial score (nSPS) is 17.1. The van der Waals surface area contributed by atoms with Gasteiger partial charge in [-0.15, -0.1) is 11.3 Å². The minimum atomic E-state index is -0.960. The Hall–Kier alpha value is -1.92. The third-order valence-corrected chi connectivity index (χ3v) is 5.23. The van der Waals surface area contributed by atoms with Crippen LogP contribution >= 0.6 is 11.3 Å². The molecule has 0 radical (unpaired) electrons. The maximum absolute atomic E-state index is 10.9. The highest BCUT2D eigenvalue weighted by Crippen LogP contribution is 2.37. The summed E-state index contributed by atoms with van der Waals surface area (Å²) in [6.45, 7) is 2.31. The van der Waals surface area contributed by atoms with Crippen molar-refractivity contribution in [3.05, 3.63) is 46.3 Å². The van der Waals surface area contributed by atoms with Gasteiger partial charge in [0.1, 0.15) is 5.82 Å². The fraction of sp³-hybridized carbons (Fsp3) is 0.375. The van der Waals surface area contributed by atoms with E-state index < -0.39 is 5.97 Å². The molecule has 0 amide bonds. The van der Waals surface area contributed by atoms with Gasteiger partial charge in [0.25, 0.3) is 0 Å². The van der Waals surface area contributed by atoms with Gasteiger partial charge in [-0.1, -0.05) is 6.07 Å². The molecule has 5 nitrogen and oxygen atoms in total. The maximum atomic E-state index is 10.9. The Morgan fingerprint density at radius 1 is 1.36 bits per heavy atom. The summed E-state index contributed by atoms with van der Waals surface area (Å²) in [6.07, 6.45) is 3.34. The van der Waals surface area contributed by atoms with Crippen LogP contribution in [-0.4, -0.2) is 35.8 Å². The van der Waals surface area contributed by atoms with Gasteiger partial charge in [0.05, 0.1) is 5.56 Å². The zero-order chi connectivity index (χ0) is 15.4. The van der Waals surface area contributed by atoms with Crippen molar-refractivity contribution in [2.75, 3.05) is 25.1 Å². The van der Waals surface area contributed by atoms with Crippen molar-refractivity contribution < 1.29 is 14.6 Å². The van der Waals surface area contributed by atoms with Crippen LogP contribution in [0.15, 0.2) is 35.8 Å². The third kappa shape index (κ3) is 3.13. The number of carbonyl (C=O) groups is 1. The second-order valence-corrected chi connectivity index (χ2v) is 6.41. The molecular formula is C16H18N2O3S. The van der Waals surface area contributed by atoms with E-state index in [2.05, 4.69) is 27.8 Å². The van der Waals surface area contributed by atoms with Crippen molar-refractivity contribution in [3.63, 3.8) is 0 Å². The summed E-state index contributed by atoms with van der Waals surface area (Å²) in [7, 11) is 0. The van der Waals surface area contributed by atoms with Crippen LogP contribution in [-0.2, 0) is 10.2 Å². The fourth-order valence-corrected chi connectivity index (χ4v) is 3.72. The molecule has 0 unspecified atom stereocenters. The average Bonchev–Trinajstić information content (AvgIpc) is 3.09. The Bertz CT molecular complexity index is 619. The first-order valence-electron chi connectivity index (χ1n) is 7.25. The quantitative estimate of drug-likeness (QED) is 0.887. The lowest BCUT2D eigenvalue weighted by Gasteiger charge is -2.36. The van der Waals surface area contributed by atoms with Crippen LogP contribution in [0, 0.1) is 0 Å². The smallest absolute Gasteiger partial charge is 0.337 e. The monoisotopic (exact) mass is 318 g/mol. The van der Waals surface area contributed by atoms with Crippen LogP contribution in [0.4, 0.5) is 5.82 Å². The summed E-state index contributed by atoms with van der Waals surface area (Å²) in [5.41, 5.74) is 0.268. The topological polar surface area (TPSA) is 71.5 Å². The molecule has 1 saturated heterocycles. The summed E-state index contributed by atoms with van der Waals surface area (Å²) in [6, 6.07) is 7.54. The standard InChI is InChI=1S/C16H18N2O3S/c19-15(20)12-3-4-14(17-10-12)18-11-16(5-7-21-8-6-16)13-2-1-9-22-13/h1-4,9-10H,5-8,11H2,(H,17,18)(H,19,20). The summed E-state index contributed by atoms with van der Waals surface area (Å²) in [5.74, 6) is -0.258. The molecule has 22 heavy (non-hydrogen) atoms. The zero-order valence-electron chi connectivity index (χ0n) is 12.1. The molecule has 0 spiro atoms. The van der Waals surface area contributed by atoms with Crippen molar-refractivity contribution in [2.45, 2.75) is 18.3 Å². The van der Waals surface area contributed by atoms with Gasteiger partial charge in [0, 0.05) is 36.2 Å². The molecule has 2 N–H and O–H groups in total. The molecule has 2 aromatic heterocycles. The van der Waals surface area contributed by atoms with Crippen LogP contribution in [0.1, 0.15) is 28.1 Å². The molecule has 116 valence electrons. The highest BCUT2D eigenvalue weighted by Gasteiger charge is 2.35. The van der Waals surface area contributed by atoms with Crippen molar-refractivity contribution in [1.82, 2.24) is 4.98 Å². The average molecular weight is 318 g/mol. The van der Waals surface area contributed by atoms with Gasteiger partial charge in [-0.25, -0.2) is 9.78 Å². The van der Waals surface area contributed by atoms with Crippen LogP contribution in [0.2, 0.25) is 0 Å². The number of anilines is 1.